The molecule has 3 rings (SSSR count). The molecule has 1 aliphatic heterocycles. The number of amides is 1. The molecule has 7 heteroatoms. The maximum Gasteiger partial charge on any atom is 0.228 e. The third-order valence-electron chi connectivity index (χ3n) is 4.58. The van der Waals surface area contributed by atoms with Crippen LogP contribution in [0.4, 0.5) is 0 Å². The van der Waals surface area contributed by atoms with Crippen molar-refractivity contribution in [2.24, 2.45) is 11.7 Å². The van der Waals surface area contributed by atoms with E-state index in [0.29, 0.717) is 35.7 Å². The van der Waals surface area contributed by atoms with Gasteiger partial charge < -0.3 is 10.3 Å². The van der Waals surface area contributed by atoms with E-state index in [1.165, 1.54) is 0 Å². The number of likely N-dealkylation sites (tertiary alicyclic amines) is 1. The van der Waals surface area contributed by atoms with Crippen LogP contribution in [-0.4, -0.2) is 40.1 Å². The van der Waals surface area contributed by atoms with Gasteiger partial charge in [0.2, 0.25) is 17.6 Å². The molecule has 0 radical (unpaired) electrons. The molecule has 1 aliphatic rings. The minimum Gasteiger partial charge on any atom is -0.369 e. The fourth-order valence-electron chi connectivity index (χ4n) is 3.06. The maximum atomic E-state index is 11.4. The second kappa shape index (κ2) is 7.32. The van der Waals surface area contributed by atoms with Crippen molar-refractivity contribution in [1.29, 1.82) is 0 Å². The van der Waals surface area contributed by atoms with E-state index in [0.717, 1.165) is 24.9 Å². The summed E-state index contributed by atoms with van der Waals surface area (Å²) in [6, 6.07) is 7.78. The summed E-state index contributed by atoms with van der Waals surface area (Å²) < 4.78 is 5.34. The van der Waals surface area contributed by atoms with E-state index in [2.05, 4.69) is 22.0 Å². The zero-order valence-electron chi connectivity index (χ0n) is 13.6. The number of nitrogens with two attached hydrogens (primary N) is 1. The number of hydrogen-bond donors (Lipinski definition) is 1. The van der Waals surface area contributed by atoms with Crippen molar-refractivity contribution in [3.05, 3.63) is 35.2 Å². The van der Waals surface area contributed by atoms with Crippen molar-refractivity contribution in [3.63, 3.8) is 0 Å². The lowest BCUT2D eigenvalue weighted by Crippen LogP contribution is -2.46. The Labute approximate surface area is 146 Å². The van der Waals surface area contributed by atoms with E-state index in [9.17, 15) is 4.79 Å². The lowest BCUT2D eigenvalue weighted by molar-refractivity contribution is -0.123. The van der Waals surface area contributed by atoms with Crippen molar-refractivity contribution >= 4 is 17.5 Å². The molecule has 0 spiro atoms. The van der Waals surface area contributed by atoms with Gasteiger partial charge in [-0.25, -0.2) is 0 Å². The van der Waals surface area contributed by atoms with E-state index in [4.69, 9.17) is 21.9 Å². The fourth-order valence-corrected chi connectivity index (χ4v) is 3.25. The first-order chi connectivity index (χ1) is 11.5. The monoisotopic (exact) mass is 348 g/mol. The van der Waals surface area contributed by atoms with Crippen molar-refractivity contribution in [1.82, 2.24) is 15.0 Å². The number of aromatic nitrogens is 2. The molecule has 0 bridgehead atoms. The Morgan fingerprint density at radius 3 is 3.04 bits per heavy atom. The number of carbonyl (C=O) groups excluding carboxylic acids is 1. The Balaban J connectivity index is 1.62. The SMILES string of the molecule is CC1CCC(C(N)=O)CN1CCc1nc(-c2cccc(Cl)c2)no1. The summed E-state index contributed by atoms with van der Waals surface area (Å²) in [6.45, 7) is 3.64. The molecule has 2 atom stereocenters. The highest BCUT2D eigenvalue weighted by molar-refractivity contribution is 6.30. The van der Waals surface area contributed by atoms with Crippen molar-refractivity contribution in [3.8, 4) is 11.4 Å². The lowest BCUT2D eigenvalue weighted by Gasteiger charge is -2.36. The van der Waals surface area contributed by atoms with Crippen molar-refractivity contribution in [2.75, 3.05) is 13.1 Å². The van der Waals surface area contributed by atoms with E-state index in [1.807, 2.05) is 12.1 Å². The summed E-state index contributed by atoms with van der Waals surface area (Å²) in [7, 11) is 0. The van der Waals surface area contributed by atoms with Gasteiger partial charge in [-0.2, -0.15) is 4.98 Å². The zero-order valence-corrected chi connectivity index (χ0v) is 14.4. The van der Waals surface area contributed by atoms with Gasteiger partial charge in [-0.3, -0.25) is 9.69 Å². The molecule has 2 unspecified atom stereocenters. The highest BCUT2D eigenvalue weighted by atomic mass is 35.5. The quantitative estimate of drug-likeness (QED) is 0.897. The fraction of sp³-hybridized carbons (Fsp3) is 0.471. The standard InChI is InChI=1S/C17H21ClN4O2/c1-11-5-6-13(16(19)23)10-22(11)8-7-15-20-17(21-24-15)12-3-2-4-14(18)9-12/h2-4,9,11,13H,5-8,10H2,1H3,(H2,19,23). The maximum absolute atomic E-state index is 11.4. The largest absolute Gasteiger partial charge is 0.369 e. The zero-order chi connectivity index (χ0) is 17.1. The molecule has 1 aromatic heterocycles. The van der Waals surface area contributed by atoms with Crippen LogP contribution in [0.1, 0.15) is 25.7 Å². The molecule has 2 N–H and O–H groups in total. The number of rotatable bonds is 5. The van der Waals surface area contributed by atoms with Gasteiger partial charge in [0.15, 0.2) is 0 Å². The van der Waals surface area contributed by atoms with Gasteiger partial charge in [-0.15, -0.1) is 0 Å². The van der Waals surface area contributed by atoms with Crippen LogP contribution in [0.3, 0.4) is 0 Å². The first-order valence-electron chi connectivity index (χ1n) is 8.15. The van der Waals surface area contributed by atoms with Crippen LogP contribution >= 0.6 is 11.6 Å². The minimum atomic E-state index is -0.215. The lowest BCUT2D eigenvalue weighted by atomic mass is 9.93. The molecule has 24 heavy (non-hydrogen) atoms. The molecule has 128 valence electrons. The molecule has 6 nitrogen and oxygen atoms in total. The average molecular weight is 349 g/mol. The smallest absolute Gasteiger partial charge is 0.228 e. The Bertz CT molecular complexity index is 718. The minimum absolute atomic E-state index is 0.0640. The molecule has 2 heterocycles. The molecular formula is C17H21ClN4O2. The van der Waals surface area contributed by atoms with Gasteiger partial charge in [-0.05, 0) is 31.9 Å². The van der Waals surface area contributed by atoms with Gasteiger partial charge in [0.05, 0.1) is 5.92 Å². The molecule has 1 fully saturated rings. The Hall–Kier alpha value is -1.92. The summed E-state index contributed by atoms with van der Waals surface area (Å²) in [5, 5.41) is 4.65. The number of carbonyl (C=O) groups is 1. The summed E-state index contributed by atoms with van der Waals surface area (Å²) in [5.74, 6) is 0.839. The number of hydrogen-bond acceptors (Lipinski definition) is 5. The Morgan fingerprint density at radius 1 is 1.46 bits per heavy atom. The number of primary amides is 1. The Morgan fingerprint density at radius 2 is 2.29 bits per heavy atom. The number of nitrogens with zero attached hydrogens (tertiary/aromatic N) is 3. The third-order valence-corrected chi connectivity index (χ3v) is 4.81. The molecule has 1 saturated heterocycles. The Kier molecular flexibility index (Phi) is 5.16. The van der Waals surface area contributed by atoms with E-state index in [1.54, 1.807) is 12.1 Å². The highest BCUT2D eigenvalue weighted by Gasteiger charge is 2.28. The summed E-state index contributed by atoms with van der Waals surface area (Å²) in [4.78, 5) is 18.1. The predicted octanol–water partition coefficient (Wildman–Crippen LogP) is 2.52. The van der Waals surface area contributed by atoms with Gasteiger partial charge in [0.25, 0.3) is 0 Å². The van der Waals surface area contributed by atoms with Crippen LogP contribution in [0.5, 0.6) is 0 Å². The van der Waals surface area contributed by atoms with Crippen LogP contribution in [0, 0.1) is 5.92 Å². The molecule has 0 aliphatic carbocycles. The van der Waals surface area contributed by atoms with Gasteiger partial charge in [0, 0.05) is 36.1 Å². The van der Waals surface area contributed by atoms with Crippen molar-refractivity contribution in [2.45, 2.75) is 32.2 Å². The molecule has 1 aromatic carbocycles. The second-order valence-corrected chi connectivity index (χ2v) is 6.73. The summed E-state index contributed by atoms with van der Waals surface area (Å²) in [6.07, 6.45) is 2.49. The first-order valence-corrected chi connectivity index (χ1v) is 8.52. The van der Waals surface area contributed by atoms with Crippen LogP contribution < -0.4 is 5.73 Å². The molecular weight excluding hydrogens is 328 g/mol. The van der Waals surface area contributed by atoms with Gasteiger partial charge in [0.1, 0.15) is 0 Å². The number of halogens is 1. The normalized spacial score (nSPS) is 21.8. The van der Waals surface area contributed by atoms with Crippen LogP contribution in [0.15, 0.2) is 28.8 Å². The van der Waals surface area contributed by atoms with Crippen LogP contribution in [-0.2, 0) is 11.2 Å². The molecule has 0 saturated carbocycles. The first kappa shape index (κ1) is 16.9. The second-order valence-electron chi connectivity index (χ2n) is 6.29. The van der Waals surface area contributed by atoms with Crippen LogP contribution in [0.2, 0.25) is 5.02 Å². The molecule has 2 aromatic rings. The van der Waals surface area contributed by atoms with E-state index >= 15 is 0 Å². The topological polar surface area (TPSA) is 85.3 Å². The van der Waals surface area contributed by atoms with Crippen molar-refractivity contribution < 1.29 is 9.32 Å². The third kappa shape index (κ3) is 3.94. The summed E-state index contributed by atoms with van der Waals surface area (Å²) in [5.41, 5.74) is 6.28. The van der Waals surface area contributed by atoms with Gasteiger partial charge >= 0.3 is 0 Å². The summed E-state index contributed by atoms with van der Waals surface area (Å²) >= 11 is 5.99. The average Bonchev–Trinajstić information content (AvgIpc) is 3.03. The number of piperidine rings is 1. The van der Waals surface area contributed by atoms with E-state index < -0.39 is 0 Å². The van der Waals surface area contributed by atoms with Crippen LogP contribution in [0.25, 0.3) is 11.4 Å². The molecule has 1 amide bonds. The predicted molar refractivity (Wildman–Crippen MR) is 91.4 cm³/mol. The number of benzene rings is 1. The highest BCUT2D eigenvalue weighted by Crippen LogP contribution is 2.23. The van der Waals surface area contributed by atoms with Gasteiger partial charge in [-0.1, -0.05) is 28.9 Å². The van der Waals surface area contributed by atoms with E-state index in [-0.39, 0.29) is 11.8 Å².